The Morgan fingerprint density at radius 3 is 2.00 bits per heavy atom. The first-order valence-electron chi connectivity index (χ1n) is 9.93. The van der Waals surface area contributed by atoms with E-state index in [2.05, 4.69) is 4.99 Å². The molecule has 0 spiro atoms. The molecule has 0 aliphatic carbocycles. The molecule has 4 aromatic rings. The third-order valence-corrected chi connectivity index (χ3v) is 5.89. The van der Waals surface area contributed by atoms with Crippen LogP contribution in [0.3, 0.4) is 0 Å². The molecular formula is C24H22N4O4S. The number of primary sulfonamides is 1. The Bertz CT molecular complexity index is 1380. The van der Waals surface area contributed by atoms with Gasteiger partial charge in [-0.05, 0) is 72.8 Å². The van der Waals surface area contributed by atoms with Gasteiger partial charge in [-0.25, -0.2) is 18.2 Å². The second kappa shape index (κ2) is 9.27. The fourth-order valence-corrected chi connectivity index (χ4v) is 3.70. The maximum atomic E-state index is 11.6. The van der Waals surface area contributed by atoms with Crippen molar-refractivity contribution >= 4 is 21.9 Å². The molecule has 0 radical (unpaired) electrons. The molecule has 0 aliphatic heterocycles. The van der Waals surface area contributed by atoms with Gasteiger partial charge in [0.05, 0.1) is 30.5 Å². The highest BCUT2D eigenvalue weighted by molar-refractivity contribution is 7.89. The second-order valence-electron chi connectivity index (χ2n) is 7.10. The molecule has 0 amide bonds. The van der Waals surface area contributed by atoms with Crippen LogP contribution in [0.1, 0.15) is 5.56 Å². The minimum atomic E-state index is -3.77. The highest BCUT2D eigenvalue weighted by atomic mass is 32.2. The van der Waals surface area contributed by atoms with Crippen molar-refractivity contribution in [3.63, 3.8) is 0 Å². The molecule has 9 heteroatoms. The van der Waals surface area contributed by atoms with E-state index in [4.69, 9.17) is 19.7 Å². The van der Waals surface area contributed by atoms with Crippen LogP contribution in [-0.2, 0) is 10.0 Å². The summed E-state index contributed by atoms with van der Waals surface area (Å²) in [6, 6.07) is 21.2. The molecule has 8 nitrogen and oxygen atoms in total. The quantitative estimate of drug-likeness (QED) is 0.418. The molecule has 2 N–H and O–H groups in total. The molecule has 0 unspecified atom stereocenters. The second-order valence-corrected chi connectivity index (χ2v) is 8.66. The summed E-state index contributed by atoms with van der Waals surface area (Å²) in [6.45, 7) is 0. The SMILES string of the molecule is COc1ccc(N=Cc2cn(-c3ccc(S(N)(=O)=O)cc3)nc2-c2ccc(OC)cc2)cc1. The van der Waals surface area contributed by atoms with Crippen LogP contribution in [0.25, 0.3) is 16.9 Å². The molecule has 0 bridgehead atoms. The van der Waals surface area contributed by atoms with E-state index in [0.29, 0.717) is 11.4 Å². The fraction of sp³-hybridized carbons (Fsp3) is 0.0833. The first kappa shape index (κ1) is 22.3. The van der Waals surface area contributed by atoms with Crippen LogP contribution in [0.15, 0.2) is 88.9 Å². The van der Waals surface area contributed by atoms with E-state index in [1.165, 1.54) is 12.1 Å². The molecule has 0 aliphatic rings. The van der Waals surface area contributed by atoms with Crippen molar-refractivity contribution in [1.29, 1.82) is 0 Å². The summed E-state index contributed by atoms with van der Waals surface area (Å²) in [6.07, 6.45) is 3.57. The Kier molecular flexibility index (Phi) is 6.25. The number of nitrogens with zero attached hydrogens (tertiary/aromatic N) is 3. The molecule has 168 valence electrons. The summed E-state index contributed by atoms with van der Waals surface area (Å²) < 4.78 is 35.2. The number of methoxy groups -OCH3 is 2. The Balaban J connectivity index is 1.74. The predicted octanol–water partition coefficient (Wildman–Crippen LogP) is 3.95. The Morgan fingerprint density at radius 2 is 1.45 bits per heavy atom. The normalized spacial score (nSPS) is 11.6. The van der Waals surface area contributed by atoms with Crippen LogP contribution in [0.4, 0.5) is 5.69 Å². The lowest BCUT2D eigenvalue weighted by atomic mass is 10.1. The molecule has 0 saturated heterocycles. The molecule has 3 aromatic carbocycles. The topological polar surface area (TPSA) is 109 Å². The third kappa shape index (κ3) is 5.11. The number of rotatable bonds is 7. The molecule has 0 saturated carbocycles. The number of ether oxygens (including phenoxy) is 2. The van der Waals surface area contributed by atoms with Crippen molar-refractivity contribution in [2.75, 3.05) is 14.2 Å². The van der Waals surface area contributed by atoms with Crippen LogP contribution in [0.5, 0.6) is 11.5 Å². The van der Waals surface area contributed by atoms with Crippen LogP contribution < -0.4 is 14.6 Å². The van der Waals surface area contributed by atoms with Crippen LogP contribution >= 0.6 is 0 Å². The lowest BCUT2D eigenvalue weighted by molar-refractivity contribution is 0.415. The van der Waals surface area contributed by atoms with Crippen molar-refractivity contribution < 1.29 is 17.9 Å². The lowest BCUT2D eigenvalue weighted by Crippen LogP contribution is -2.12. The number of hydrogen-bond donors (Lipinski definition) is 1. The van der Waals surface area contributed by atoms with E-state index < -0.39 is 10.0 Å². The zero-order chi connectivity index (χ0) is 23.4. The standard InChI is InChI=1S/C24H22N4O4S/c1-31-21-9-3-17(4-10-21)24-18(15-26-19-5-11-22(32-2)12-6-19)16-28(27-24)20-7-13-23(14-8-20)33(25,29)30/h3-16H,1-2H3,(H2,25,29,30). The zero-order valence-corrected chi connectivity index (χ0v) is 18.9. The maximum absolute atomic E-state index is 11.6. The summed E-state index contributed by atoms with van der Waals surface area (Å²) in [4.78, 5) is 4.61. The van der Waals surface area contributed by atoms with Gasteiger partial charge in [-0.2, -0.15) is 5.10 Å². The van der Waals surface area contributed by atoms with E-state index in [9.17, 15) is 8.42 Å². The van der Waals surface area contributed by atoms with Gasteiger partial charge in [0, 0.05) is 23.5 Å². The molecule has 1 heterocycles. The summed E-state index contributed by atoms with van der Waals surface area (Å²) in [7, 11) is -0.543. The molecular weight excluding hydrogens is 440 g/mol. The lowest BCUT2D eigenvalue weighted by Gasteiger charge is -2.03. The van der Waals surface area contributed by atoms with Crippen molar-refractivity contribution in [3.8, 4) is 28.4 Å². The first-order valence-corrected chi connectivity index (χ1v) is 11.5. The third-order valence-electron chi connectivity index (χ3n) is 4.96. The van der Waals surface area contributed by atoms with Gasteiger partial charge in [0.15, 0.2) is 0 Å². The fourth-order valence-electron chi connectivity index (χ4n) is 3.19. The average molecular weight is 463 g/mol. The smallest absolute Gasteiger partial charge is 0.238 e. The Hall–Kier alpha value is -3.95. The van der Waals surface area contributed by atoms with Gasteiger partial charge >= 0.3 is 0 Å². The molecule has 1 aromatic heterocycles. The number of benzene rings is 3. The van der Waals surface area contributed by atoms with Crippen molar-refractivity contribution in [1.82, 2.24) is 9.78 Å². The predicted molar refractivity (Wildman–Crippen MR) is 127 cm³/mol. The maximum Gasteiger partial charge on any atom is 0.238 e. The van der Waals surface area contributed by atoms with Crippen LogP contribution in [0.2, 0.25) is 0 Å². The van der Waals surface area contributed by atoms with Crippen LogP contribution in [-0.4, -0.2) is 38.6 Å². The van der Waals surface area contributed by atoms with Gasteiger partial charge in [-0.15, -0.1) is 0 Å². The van der Waals surface area contributed by atoms with Gasteiger partial charge < -0.3 is 9.47 Å². The number of nitrogens with two attached hydrogens (primary N) is 1. The highest BCUT2D eigenvalue weighted by Gasteiger charge is 2.13. The summed E-state index contributed by atoms with van der Waals surface area (Å²) in [5.41, 5.74) is 3.83. The van der Waals surface area contributed by atoms with E-state index in [1.54, 1.807) is 37.2 Å². The van der Waals surface area contributed by atoms with Gasteiger partial charge in [0.1, 0.15) is 17.2 Å². The van der Waals surface area contributed by atoms with Crippen molar-refractivity contribution in [2.24, 2.45) is 10.1 Å². The van der Waals surface area contributed by atoms with Crippen LogP contribution in [0, 0.1) is 0 Å². The molecule has 33 heavy (non-hydrogen) atoms. The van der Waals surface area contributed by atoms with Gasteiger partial charge in [0.2, 0.25) is 10.0 Å². The molecule has 4 rings (SSSR count). The van der Waals surface area contributed by atoms with Gasteiger partial charge in [0.25, 0.3) is 0 Å². The highest BCUT2D eigenvalue weighted by Crippen LogP contribution is 2.26. The van der Waals surface area contributed by atoms with E-state index in [-0.39, 0.29) is 4.90 Å². The summed E-state index contributed by atoms with van der Waals surface area (Å²) in [5.74, 6) is 1.49. The number of sulfonamides is 1. The minimum Gasteiger partial charge on any atom is -0.497 e. The number of hydrogen-bond acceptors (Lipinski definition) is 6. The Labute approximate surface area is 192 Å². The number of aromatic nitrogens is 2. The van der Waals surface area contributed by atoms with E-state index in [0.717, 1.165) is 28.3 Å². The largest absolute Gasteiger partial charge is 0.497 e. The zero-order valence-electron chi connectivity index (χ0n) is 18.0. The Morgan fingerprint density at radius 1 is 0.879 bits per heavy atom. The summed E-state index contributed by atoms with van der Waals surface area (Å²) >= 11 is 0. The van der Waals surface area contributed by atoms with Crippen molar-refractivity contribution in [3.05, 3.63) is 84.6 Å². The number of aliphatic imine (C=N–C) groups is 1. The van der Waals surface area contributed by atoms with Gasteiger partial charge in [-0.3, -0.25) is 4.99 Å². The summed E-state index contributed by atoms with van der Waals surface area (Å²) in [5, 5.41) is 9.92. The molecule has 0 fully saturated rings. The average Bonchev–Trinajstić information content (AvgIpc) is 3.27. The van der Waals surface area contributed by atoms with Crippen molar-refractivity contribution in [2.45, 2.75) is 4.90 Å². The first-order chi connectivity index (χ1) is 15.9. The monoisotopic (exact) mass is 462 g/mol. The molecule has 0 atom stereocenters. The minimum absolute atomic E-state index is 0.0371. The van der Waals surface area contributed by atoms with E-state index in [1.807, 2.05) is 54.7 Å². The van der Waals surface area contributed by atoms with E-state index >= 15 is 0 Å². The van der Waals surface area contributed by atoms with Gasteiger partial charge in [-0.1, -0.05) is 0 Å².